The van der Waals surface area contributed by atoms with E-state index >= 15 is 0 Å². The molecule has 2 aromatic rings. The molecule has 0 saturated heterocycles. The summed E-state index contributed by atoms with van der Waals surface area (Å²) in [6.07, 6.45) is -5.00. The third-order valence-corrected chi connectivity index (χ3v) is 2.92. The molecule has 0 amide bonds. The van der Waals surface area contributed by atoms with Crippen LogP contribution in [-0.4, -0.2) is 10.1 Å². The molecule has 0 bridgehead atoms. The Morgan fingerprint density at radius 3 is 2.35 bits per heavy atom. The highest BCUT2D eigenvalue weighted by atomic mass is 19.4. The van der Waals surface area contributed by atoms with Crippen molar-refractivity contribution < 1.29 is 22.7 Å². The summed E-state index contributed by atoms with van der Waals surface area (Å²) in [5.41, 5.74) is 0.0924. The third-order valence-electron chi connectivity index (χ3n) is 2.92. The van der Waals surface area contributed by atoms with Crippen molar-refractivity contribution in [3.05, 3.63) is 64.7 Å². The molecule has 0 aliphatic heterocycles. The Hall–Kier alpha value is -1.95. The Kier molecular flexibility index (Phi) is 3.76. The van der Waals surface area contributed by atoms with E-state index in [0.29, 0.717) is 17.3 Å². The normalized spacial score (nSPS) is 13.3. The van der Waals surface area contributed by atoms with Crippen molar-refractivity contribution in [2.24, 2.45) is 0 Å². The molecule has 0 saturated carbocycles. The zero-order valence-corrected chi connectivity index (χ0v) is 10.4. The highest BCUT2D eigenvalue weighted by molar-refractivity contribution is 5.33. The van der Waals surface area contributed by atoms with Crippen molar-refractivity contribution in [1.29, 1.82) is 0 Å². The van der Waals surface area contributed by atoms with Crippen LogP contribution in [0.15, 0.2) is 36.5 Å². The summed E-state index contributed by atoms with van der Waals surface area (Å²) >= 11 is 0. The number of aliphatic hydroxyl groups excluding tert-OH is 1. The molecule has 2 nitrogen and oxygen atoms in total. The predicted molar refractivity (Wildman–Crippen MR) is 64.4 cm³/mol. The molecule has 20 heavy (non-hydrogen) atoms. The molecule has 0 aliphatic rings. The van der Waals surface area contributed by atoms with Crippen LogP contribution in [-0.2, 0) is 6.18 Å². The van der Waals surface area contributed by atoms with E-state index in [-0.39, 0.29) is 5.69 Å². The number of aromatic nitrogens is 1. The molecule has 106 valence electrons. The van der Waals surface area contributed by atoms with Crippen LogP contribution in [0.2, 0.25) is 0 Å². The number of aryl methyl sites for hydroxylation is 1. The topological polar surface area (TPSA) is 33.1 Å². The number of alkyl halides is 3. The van der Waals surface area contributed by atoms with E-state index in [1.165, 1.54) is 18.2 Å². The third kappa shape index (κ3) is 2.96. The lowest BCUT2D eigenvalue weighted by atomic mass is 10.0. The summed E-state index contributed by atoms with van der Waals surface area (Å²) < 4.78 is 50.2. The van der Waals surface area contributed by atoms with Crippen LogP contribution in [0.4, 0.5) is 17.6 Å². The highest BCUT2D eigenvalue weighted by Gasteiger charge is 2.31. The number of hydrogen-bond donors (Lipinski definition) is 1. The van der Waals surface area contributed by atoms with E-state index in [9.17, 15) is 22.7 Å². The molecule has 0 aliphatic carbocycles. The van der Waals surface area contributed by atoms with Crippen LogP contribution in [0.25, 0.3) is 0 Å². The van der Waals surface area contributed by atoms with Crippen LogP contribution < -0.4 is 0 Å². The lowest BCUT2D eigenvalue weighted by Crippen LogP contribution is -2.09. The lowest BCUT2D eigenvalue weighted by molar-refractivity contribution is -0.137. The summed E-state index contributed by atoms with van der Waals surface area (Å²) in [7, 11) is 0. The maximum absolute atomic E-state index is 13.0. The maximum atomic E-state index is 13.0. The molecule has 0 spiro atoms. The highest BCUT2D eigenvalue weighted by Crippen LogP contribution is 2.30. The average molecular weight is 285 g/mol. The van der Waals surface area contributed by atoms with Gasteiger partial charge in [-0.3, -0.25) is 4.98 Å². The number of hydrogen-bond acceptors (Lipinski definition) is 2. The van der Waals surface area contributed by atoms with E-state index < -0.39 is 23.7 Å². The van der Waals surface area contributed by atoms with Crippen molar-refractivity contribution in [2.75, 3.05) is 0 Å². The van der Waals surface area contributed by atoms with Crippen molar-refractivity contribution in [3.63, 3.8) is 0 Å². The zero-order valence-electron chi connectivity index (χ0n) is 10.4. The summed E-state index contributed by atoms with van der Waals surface area (Å²) in [6.45, 7) is 1.60. The molecular weight excluding hydrogens is 274 g/mol. The van der Waals surface area contributed by atoms with Crippen LogP contribution in [0.3, 0.4) is 0 Å². The number of halogens is 4. The summed E-state index contributed by atoms with van der Waals surface area (Å²) in [5.74, 6) is -0.446. The quantitative estimate of drug-likeness (QED) is 0.855. The molecule has 1 unspecified atom stereocenters. The van der Waals surface area contributed by atoms with Gasteiger partial charge in [0.1, 0.15) is 11.9 Å². The standard InChI is InChI=1S/C14H11F4NO/c1-8-6-10(15)3-4-11(8)13(20)12-5-2-9(7-19-12)14(16,17)18/h2-7,13,20H,1H3. The van der Waals surface area contributed by atoms with Gasteiger partial charge in [-0.1, -0.05) is 6.07 Å². The van der Waals surface area contributed by atoms with Gasteiger partial charge in [0.2, 0.25) is 0 Å². The fourth-order valence-electron chi connectivity index (χ4n) is 1.84. The van der Waals surface area contributed by atoms with Crippen LogP contribution in [0.5, 0.6) is 0 Å². The number of nitrogens with zero attached hydrogens (tertiary/aromatic N) is 1. The second-order valence-electron chi connectivity index (χ2n) is 4.37. The Bertz CT molecular complexity index is 608. The average Bonchev–Trinajstić information content (AvgIpc) is 2.37. The van der Waals surface area contributed by atoms with Gasteiger partial charge in [-0.05, 0) is 42.3 Å². The van der Waals surface area contributed by atoms with Crippen molar-refractivity contribution in [2.45, 2.75) is 19.2 Å². The molecule has 0 fully saturated rings. The first-order valence-electron chi connectivity index (χ1n) is 5.76. The minimum Gasteiger partial charge on any atom is -0.382 e. The monoisotopic (exact) mass is 285 g/mol. The SMILES string of the molecule is Cc1cc(F)ccc1C(O)c1ccc(C(F)(F)F)cn1. The largest absolute Gasteiger partial charge is 0.417 e. The lowest BCUT2D eigenvalue weighted by Gasteiger charge is -2.14. The molecule has 1 aromatic heterocycles. The van der Waals surface area contributed by atoms with Gasteiger partial charge in [-0.25, -0.2) is 4.39 Å². The molecule has 1 N–H and O–H groups in total. The summed E-state index contributed by atoms with van der Waals surface area (Å²) in [6, 6.07) is 5.76. The number of rotatable bonds is 2. The molecule has 2 rings (SSSR count). The van der Waals surface area contributed by atoms with Crippen LogP contribution in [0, 0.1) is 12.7 Å². The first kappa shape index (κ1) is 14.5. The second kappa shape index (κ2) is 5.20. The first-order valence-corrected chi connectivity index (χ1v) is 5.76. The smallest absolute Gasteiger partial charge is 0.382 e. The van der Waals surface area contributed by atoms with Gasteiger partial charge in [0.15, 0.2) is 0 Å². The van der Waals surface area contributed by atoms with Gasteiger partial charge in [0.25, 0.3) is 0 Å². The number of pyridine rings is 1. The second-order valence-corrected chi connectivity index (χ2v) is 4.37. The molecule has 6 heteroatoms. The molecular formula is C14H11F4NO. The van der Waals surface area contributed by atoms with Crippen molar-refractivity contribution in [3.8, 4) is 0 Å². The van der Waals surface area contributed by atoms with E-state index in [1.807, 2.05) is 0 Å². The Morgan fingerprint density at radius 2 is 1.85 bits per heavy atom. The molecule has 1 aromatic carbocycles. The first-order chi connectivity index (χ1) is 9.29. The Morgan fingerprint density at radius 1 is 1.15 bits per heavy atom. The van der Waals surface area contributed by atoms with Crippen LogP contribution >= 0.6 is 0 Å². The molecule has 0 radical (unpaired) electrons. The van der Waals surface area contributed by atoms with Crippen LogP contribution in [0.1, 0.15) is 28.5 Å². The summed E-state index contributed by atoms with van der Waals surface area (Å²) in [5, 5.41) is 10.1. The predicted octanol–water partition coefficient (Wildman–Crippen LogP) is 3.63. The van der Waals surface area contributed by atoms with Crippen molar-refractivity contribution in [1.82, 2.24) is 4.98 Å². The maximum Gasteiger partial charge on any atom is 0.417 e. The van der Waals surface area contributed by atoms with Gasteiger partial charge in [0.05, 0.1) is 11.3 Å². The van der Waals surface area contributed by atoms with E-state index in [0.717, 1.165) is 12.1 Å². The van der Waals surface area contributed by atoms with Crippen molar-refractivity contribution >= 4 is 0 Å². The minimum atomic E-state index is -4.47. The molecule has 1 atom stereocenters. The summed E-state index contributed by atoms with van der Waals surface area (Å²) in [4.78, 5) is 3.62. The number of aliphatic hydroxyl groups is 1. The van der Waals surface area contributed by atoms with Gasteiger partial charge < -0.3 is 5.11 Å². The van der Waals surface area contributed by atoms with Gasteiger partial charge in [-0.15, -0.1) is 0 Å². The fraction of sp³-hybridized carbons (Fsp3) is 0.214. The zero-order chi connectivity index (χ0) is 14.9. The van der Waals surface area contributed by atoms with Gasteiger partial charge in [-0.2, -0.15) is 13.2 Å². The fourth-order valence-corrected chi connectivity index (χ4v) is 1.84. The molecule has 1 heterocycles. The van der Waals surface area contributed by atoms with Gasteiger partial charge in [0, 0.05) is 6.20 Å². The minimum absolute atomic E-state index is 0.0766. The Balaban J connectivity index is 2.31. The van der Waals surface area contributed by atoms with Gasteiger partial charge >= 0.3 is 6.18 Å². The number of benzene rings is 1. The van der Waals surface area contributed by atoms with E-state index in [4.69, 9.17) is 0 Å². The Labute approximate surface area is 112 Å². The van der Waals surface area contributed by atoms with E-state index in [2.05, 4.69) is 4.98 Å². The van der Waals surface area contributed by atoms with E-state index in [1.54, 1.807) is 6.92 Å².